The molecule has 6 nitrogen and oxygen atoms in total. The second-order valence-corrected chi connectivity index (χ2v) is 5.26. The van der Waals surface area contributed by atoms with Crippen LogP contribution in [-0.4, -0.2) is 34.3 Å². The summed E-state index contributed by atoms with van der Waals surface area (Å²) in [7, 11) is 1.78. The van der Waals surface area contributed by atoms with Crippen LogP contribution in [0.15, 0.2) is 28.8 Å². The van der Waals surface area contributed by atoms with Crippen molar-refractivity contribution >= 4 is 17.3 Å². The van der Waals surface area contributed by atoms with Crippen molar-refractivity contribution in [3.8, 4) is 0 Å². The third kappa shape index (κ3) is 4.06. The van der Waals surface area contributed by atoms with Crippen LogP contribution < -0.4 is 10.6 Å². The number of aryl methyl sites for hydroxylation is 1. The molecule has 108 valence electrons. The highest BCUT2D eigenvalue weighted by atomic mass is 32.1. The van der Waals surface area contributed by atoms with Crippen molar-refractivity contribution in [3.05, 3.63) is 34.5 Å². The van der Waals surface area contributed by atoms with Crippen LogP contribution in [0.5, 0.6) is 0 Å². The van der Waals surface area contributed by atoms with Gasteiger partial charge in [-0.25, -0.2) is 0 Å². The average molecular weight is 292 g/mol. The molecule has 0 saturated carbocycles. The van der Waals surface area contributed by atoms with Gasteiger partial charge in [0.05, 0.1) is 6.54 Å². The zero-order valence-electron chi connectivity index (χ0n) is 11.8. The first kappa shape index (κ1) is 14.5. The van der Waals surface area contributed by atoms with Gasteiger partial charge in [0.15, 0.2) is 5.96 Å². The fraction of sp³-hybridized carbons (Fsp3) is 0.462. The summed E-state index contributed by atoms with van der Waals surface area (Å²) in [5.74, 6) is 1.82. The van der Waals surface area contributed by atoms with Gasteiger partial charge in [-0.15, -0.1) is 21.5 Å². The average Bonchev–Trinajstić information content (AvgIpc) is 3.13. The standard InChI is InChI=1S/C13H20N6S/c1-3-12-18-17-10-19(12)7-6-15-13(14-2)16-9-11-5-4-8-20-11/h4-5,8,10H,3,6-7,9H2,1-2H3,(H2,14,15,16). The topological polar surface area (TPSA) is 67.1 Å². The largest absolute Gasteiger partial charge is 0.355 e. The Bertz CT molecular complexity index is 531. The molecule has 2 rings (SSSR count). The minimum Gasteiger partial charge on any atom is -0.355 e. The molecule has 2 aromatic heterocycles. The van der Waals surface area contributed by atoms with E-state index in [1.54, 1.807) is 24.7 Å². The van der Waals surface area contributed by atoms with E-state index in [-0.39, 0.29) is 0 Å². The Labute approximate surface area is 123 Å². The van der Waals surface area contributed by atoms with E-state index in [0.717, 1.165) is 37.8 Å². The number of aromatic nitrogens is 3. The normalized spacial score (nSPS) is 11.6. The lowest BCUT2D eigenvalue weighted by Gasteiger charge is -2.12. The summed E-state index contributed by atoms with van der Waals surface area (Å²) in [4.78, 5) is 5.50. The lowest BCUT2D eigenvalue weighted by atomic mass is 10.4. The van der Waals surface area contributed by atoms with Gasteiger partial charge in [-0.05, 0) is 11.4 Å². The second-order valence-electron chi connectivity index (χ2n) is 4.23. The number of aliphatic imine (C=N–C) groups is 1. The van der Waals surface area contributed by atoms with Crippen molar-refractivity contribution in [2.24, 2.45) is 4.99 Å². The predicted octanol–water partition coefficient (Wildman–Crippen LogP) is 1.27. The predicted molar refractivity (Wildman–Crippen MR) is 81.9 cm³/mol. The zero-order valence-corrected chi connectivity index (χ0v) is 12.7. The van der Waals surface area contributed by atoms with Gasteiger partial charge in [0.1, 0.15) is 12.2 Å². The van der Waals surface area contributed by atoms with E-state index in [1.165, 1.54) is 4.88 Å². The first-order valence-electron chi connectivity index (χ1n) is 6.67. The Hall–Kier alpha value is -1.89. The van der Waals surface area contributed by atoms with Gasteiger partial charge in [-0.3, -0.25) is 4.99 Å². The van der Waals surface area contributed by atoms with Crippen LogP contribution in [0.2, 0.25) is 0 Å². The molecule has 2 aromatic rings. The highest BCUT2D eigenvalue weighted by Gasteiger charge is 2.02. The quantitative estimate of drug-likeness (QED) is 0.621. The van der Waals surface area contributed by atoms with Crippen molar-refractivity contribution in [1.29, 1.82) is 0 Å². The molecule has 0 aliphatic carbocycles. The number of nitrogens with one attached hydrogen (secondary N) is 2. The third-order valence-electron chi connectivity index (χ3n) is 2.89. The molecule has 0 aliphatic rings. The van der Waals surface area contributed by atoms with E-state index in [2.05, 4.69) is 54.8 Å². The summed E-state index contributed by atoms with van der Waals surface area (Å²) in [6.45, 7) is 4.49. The minimum atomic E-state index is 0.787. The molecule has 0 aliphatic heterocycles. The fourth-order valence-corrected chi connectivity index (χ4v) is 2.48. The van der Waals surface area contributed by atoms with Gasteiger partial charge < -0.3 is 15.2 Å². The molecule has 0 unspecified atom stereocenters. The maximum Gasteiger partial charge on any atom is 0.191 e. The maximum absolute atomic E-state index is 4.21. The Morgan fingerprint density at radius 3 is 3.05 bits per heavy atom. The summed E-state index contributed by atoms with van der Waals surface area (Å²) >= 11 is 1.74. The molecule has 0 aromatic carbocycles. The molecule has 0 saturated heterocycles. The first-order valence-corrected chi connectivity index (χ1v) is 7.55. The number of hydrogen-bond donors (Lipinski definition) is 2. The number of guanidine groups is 1. The van der Waals surface area contributed by atoms with Crippen molar-refractivity contribution in [2.75, 3.05) is 13.6 Å². The van der Waals surface area contributed by atoms with Crippen molar-refractivity contribution in [1.82, 2.24) is 25.4 Å². The van der Waals surface area contributed by atoms with Crippen molar-refractivity contribution in [2.45, 2.75) is 26.4 Å². The molecular weight excluding hydrogens is 272 g/mol. The van der Waals surface area contributed by atoms with Crippen LogP contribution in [0.1, 0.15) is 17.6 Å². The lowest BCUT2D eigenvalue weighted by molar-refractivity contribution is 0.633. The molecule has 0 spiro atoms. The summed E-state index contributed by atoms with van der Waals surface area (Å²) < 4.78 is 2.06. The first-order chi connectivity index (χ1) is 9.83. The highest BCUT2D eigenvalue weighted by Crippen LogP contribution is 2.07. The molecule has 0 amide bonds. The number of thiophene rings is 1. The summed E-state index contributed by atoms with van der Waals surface area (Å²) in [5.41, 5.74) is 0. The van der Waals surface area contributed by atoms with Crippen LogP contribution in [0.4, 0.5) is 0 Å². The Kier molecular flexibility index (Phi) is 5.55. The monoisotopic (exact) mass is 292 g/mol. The summed E-state index contributed by atoms with van der Waals surface area (Å²) in [6.07, 6.45) is 2.66. The minimum absolute atomic E-state index is 0.787. The van der Waals surface area contributed by atoms with E-state index >= 15 is 0 Å². The Balaban J connectivity index is 1.74. The van der Waals surface area contributed by atoms with Gasteiger partial charge in [-0.2, -0.15) is 0 Å². The summed E-state index contributed by atoms with van der Waals surface area (Å²) in [6, 6.07) is 4.16. The smallest absolute Gasteiger partial charge is 0.191 e. The number of nitrogens with zero attached hydrogens (tertiary/aromatic N) is 4. The Morgan fingerprint density at radius 1 is 1.45 bits per heavy atom. The molecule has 7 heteroatoms. The van der Waals surface area contributed by atoms with Gasteiger partial charge in [-0.1, -0.05) is 13.0 Å². The van der Waals surface area contributed by atoms with E-state index in [4.69, 9.17) is 0 Å². The molecule has 2 N–H and O–H groups in total. The van der Waals surface area contributed by atoms with Crippen molar-refractivity contribution in [3.63, 3.8) is 0 Å². The van der Waals surface area contributed by atoms with Crippen LogP contribution in [0, 0.1) is 0 Å². The number of rotatable bonds is 6. The zero-order chi connectivity index (χ0) is 14.2. The van der Waals surface area contributed by atoms with Gasteiger partial charge in [0.2, 0.25) is 0 Å². The van der Waals surface area contributed by atoms with E-state index in [9.17, 15) is 0 Å². The molecule has 20 heavy (non-hydrogen) atoms. The van der Waals surface area contributed by atoms with Crippen LogP contribution in [0.3, 0.4) is 0 Å². The van der Waals surface area contributed by atoms with Crippen LogP contribution >= 0.6 is 11.3 Å². The maximum atomic E-state index is 4.21. The van der Waals surface area contributed by atoms with E-state index in [0.29, 0.717) is 0 Å². The van der Waals surface area contributed by atoms with Gasteiger partial charge in [0, 0.05) is 31.4 Å². The molecule has 0 atom stereocenters. The van der Waals surface area contributed by atoms with Crippen LogP contribution in [0.25, 0.3) is 0 Å². The molecule has 0 fully saturated rings. The van der Waals surface area contributed by atoms with Crippen molar-refractivity contribution < 1.29 is 0 Å². The summed E-state index contributed by atoms with van der Waals surface area (Å²) in [5, 5.41) is 16.6. The SMILES string of the molecule is CCc1nncn1CCNC(=NC)NCc1cccs1. The third-order valence-corrected chi connectivity index (χ3v) is 3.77. The van der Waals surface area contributed by atoms with Crippen LogP contribution in [-0.2, 0) is 19.5 Å². The van der Waals surface area contributed by atoms with E-state index in [1.807, 2.05) is 0 Å². The molecule has 0 radical (unpaired) electrons. The Morgan fingerprint density at radius 2 is 2.35 bits per heavy atom. The second kappa shape index (κ2) is 7.64. The lowest BCUT2D eigenvalue weighted by Crippen LogP contribution is -2.38. The van der Waals surface area contributed by atoms with E-state index < -0.39 is 0 Å². The van der Waals surface area contributed by atoms with Gasteiger partial charge >= 0.3 is 0 Å². The van der Waals surface area contributed by atoms with Gasteiger partial charge in [0.25, 0.3) is 0 Å². The molecule has 2 heterocycles. The fourth-order valence-electron chi connectivity index (χ4n) is 1.84. The molecular formula is C13H20N6S. The number of hydrogen-bond acceptors (Lipinski definition) is 4. The highest BCUT2D eigenvalue weighted by molar-refractivity contribution is 7.09. The molecule has 0 bridgehead atoms.